The highest BCUT2D eigenvalue weighted by molar-refractivity contribution is 5.89. The highest BCUT2D eigenvalue weighted by Gasteiger charge is 2.08. The van der Waals surface area contributed by atoms with E-state index in [9.17, 15) is 4.79 Å². The lowest BCUT2D eigenvalue weighted by molar-refractivity contribution is 0.0600. The molecule has 2 rings (SSSR count). The van der Waals surface area contributed by atoms with Crippen molar-refractivity contribution in [2.45, 2.75) is 19.6 Å². The van der Waals surface area contributed by atoms with Gasteiger partial charge in [0.15, 0.2) is 0 Å². The first-order valence-electron chi connectivity index (χ1n) is 6.76. The quantitative estimate of drug-likeness (QED) is 0.858. The molecule has 2 N–H and O–H groups in total. The summed E-state index contributed by atoms with van der Waals surface area (Å²) in [5.41, 5.74) is 8.40. The highest BCUT2D eigenvalue weighted by atomic mass is 16.5. The summed E-state index contributed by atoms with van der Waals surface area (Å²) in [6.45, 7) is 2.35. The standard InChI is InChI=1S/C17H19NO3/c1-12(18)15-5-3-4-6-16(15)21-11-13-7-9-14(10-8-13)17(19)20-2/h3-10,12H,11,18H2,1-2H3/t12-/m1/s1. The largest absolute Gasteiger partial charge is 0.489 e. The van der Waals surface area contributed by atoms with Crippen molar-refractivity contribution in [3.63, 3.8) is 0 Å². The topological polar surface area (TPSA) is 61.5 Å². The van der Waals surface area contributed by atoms with Crippen molar-refractivity contribution < 1.29 is 14.3 Å². The Morgan fingerprint density at radius 2 is 1.81 bits per heavy atom. The van der Waals surface area contributed by atoms with Crippen molar-refractivity contribution in [2.75, 3.05) is 7.11 Å². The number of nitrogens with two attached hydrogens (primary N) is 1. The lowest BCUT2D eigenvalue weighted by Crippen LogP contribution is -2.08. The van der Waals surface area contributed by atoms with Crippen LogP contribution >= 0.6 is 0 Å². The van der Waals surface area contributed by atoms with Gasteiger partial charge in [-0.05, 0) is 30.7 Å². The molecule has 0 aliphatic carbocycles. The molecule has 0 aromatic heterocycles. The Kier molecular flexibility index (Phi) is 4.95. The fourth-order valence-electron chi connectivity index (χ4n) is 2.00. The second-order valence-electron chi connectivity index (χ2n) is 4.80. The van der Waals surface area contributed by atoms with Crippen molar-refractivity contribution in [3.8, 4) is 5.75 Å². The van der Waals surface area contributed by atoms with Gasteiger partial charge in [0.05, 0.1) is 12.7 Å². The molecule has 1 atom stereocenters. The molecule has 0 fully saturated rings. The van der Waals surface area contributed by atoms with Crippen LogP contribution in [-0.4, -0.2) is 13.1 Å². The summed E-state index contributed by atoms with van der Waals surface area (Å²) in [4.78, 5) is 11.4. The van der Waals surface area contributed by atoms with Crippen LogP contribution in [0.4, 0.5) is 0 Å². The number of benzene rings is 2. The SMILES string of the molecule is COC(=O)c1ccc(COc2ccccc2[C@@H](C)N)cc1. The number of para-hydroxylation sites is 1. The van der Waals surface area contributed by atoms with Crippen LogP contribution < -0.4 is 10.5 Å². The van der Waals surface area contributed by atoms with Gasteiger partial charge in [0.25, 0.3) is 0 Å². The Morgan fingerprint density at radius 3 is 2.43 bits per heavy atom. The predicted molar refractivity (Wildman–Crippen MR) is 81.2 cm³/mol. The second-order valence-corrected chi connectivity index (χ2v) is 4.80. The van der Waals surface area contributed by atoms with Gasteiger partial charge < -0.3 is 15.2 Å². The lowest BCUT2D eigenvalue weighted by Gasteiger charge is -2.14. The van der Waals surface area contributed by atoms with Gasteiger partial charge >= 0.3 is 5.97 Å². The van der Waals surface area contributed by atoms with Crippen LogP contribution in [0.2, 0.25) is 0 Å². The summed E-state index contributed by atoms with van der Waals surface area (Å²) in [6, 6.07) is 14.8. The first-order chi connectivity index (χ1) is 10.1. The van der Waals surface area contributed by atoms with Gasteiger partial charge in [-0.1, -0.05) is 30.3 Å². The second kappa shape index (κ2) is 6.90. The number of hydrogen-bond donors (Lipinski definition) is 1. The minimum Gasteiger partial charge on any atom is -0.489 e. The first kappa shape index (κ1) is 15.1. The fraction of sp³-hybridized carbons (Fsp3) is 0.235. The number of esters is 1. The molecule has 0 bridgehead atoms. The van der Waals surface area contributed by atoms with Gasteiger partial charge in [-0.25, -0.2) is 4.79 Å². The van der Waals surface area contributed by atoms with E-state index in [2.05, 4.69) is 4.74 Å². The minimum atomic E-state index is -0.343. The number of carbonyl (C=O) groups is 1. The van der Waals surface area contributed by atoms with E-state index in [0.29, 0.717) is 12.2 Å². The molecule has 0 saturated heterocycles. The Balaban J connectivity index is 2.05. The molecule has 0 saturated carbocycles. The third-order valence-corrected chi connectivity index (χ3v) is 3.18. The monoisotopic (exact) mass is 285 g/mol. The van der Waals surface area contributed by atoms with E-state index in [-0.39, 0.29) is 12.0 Å². The van der Waals surface area contributed by atoms with Crippen LogP contribution in [0, 0.1) is 0 Å². The molecule has 4 nitrogen and oxygen atoms in total. The first-order valence-corrected chi connectivity index (χ1v) is 6.76. The van der Waals surface area contributed by atoms with E-state index >= 15 is 0 Å². The molecule has 2 aromatic rings. The summed E-state index contributed by atoms with van der Waals surface area (Å²) in [7, 11) is 1.37. The smallest absolute Gasteiger partial charge is 0.337 e. The van der Waals surface area contributed by atoms with Gasteiger partial charge in [-0.15, -0.1) is 0 Å². The normalized spacial score (nSPS) is 11.8. The lowest BCUT2D eigenvalue weighted by atomic mass is 10.1. The number of hydrogen-bond acceptors (Lipinski definition) is 4. The number of carbonyl (C=O) groups excluding carboxylic acids is 1. The summed E-state index contributed by atoms with van der Waals surface area (Å²) in [5, 5.41) is 0. The van der Waals surface area contributed by atoms with Gasteiger partial charge in [0.2, 0.25) is 0 Å². The van der Waals surface area contributed by atoms with E-state index in [0.717, 1.165) is 16.9 Å². The zero-order valence-electron chi connectivity index (χ0n) is 12.2. The van der Waals surface area contributed by atoms with Crippen molar-refractivity contribution in [1.82, 2.24) is 0 Å². The van der Waals surface area contributed by atoms with E-state index in [4.69, 9.17) is 10.5 Å². The predicted octanol–water partition coefficient (Wildman–Crippen LogP) is 3.07. The molecule has 2 aromatic carbocycles. The van der Waals surface area contributed by atoms with Crippen molar-refractivity contribution >= 4 is 5.97 Å². The molecule has 0 aliphatic rings. The molecule has 0 amide bonds. The molecule has 110 valence electrons. The van der Waals surface area contributed by atoms with E-state index in [1.807, 2.05) is 43.3 Å². The highest BCUT2D eigenvalue weighted by Crippen LogP contribution is 2.24. The Bertz CT molecular complexity index is 606. The van der Waals surface area contributed by atoms with Gasteiger partial charge in [-0.2, -0.15) is 0 Å². The molecule has 0 spiro atoms. The molecule has 21 heavy (non-hydrogen) atoms. The van der Waals surface area contributed by atoms with Crippen LogP contribution in [0.3, 0.4) is 0 Å². The molecule has 0 aliphatic heterocycles. The van der Waals surface area contributed by atoms with E-state index < -0.39 is 0 Å². The van der Waals surface area contributed by atoms with Crippen LogP contribution in [0.15, 0.2) is 48.5 Å². The maximum atomic E-state index is 11.4. The van der Waals surface area contributed by atoms with Crippen molar-refractivity contribution in [3.05, 3.63) is 65.2 Å². The van der Waals surface area contributed by atoms with Gasteiger partial charge in [0.1, 0.15) is 12.4 Å². The Hall–Kier alpha value is -2.33. The zero-order chi connectivity index (χ0) is 15.2. The average Bonchev–Trinajstić information content (AvgIpc) is 2.52. The number of methoxy groups -OCH3 is 1. The Labute approximate surface area is 124 Å². The van der Waals surface area contributed by atoms with E-state index in [1.165, 1.54) is 7.11 Å². The van der Waals surface area contributed by atoms with Gasteiger partial charge in [0, 0.05) is 11.6 Å². The van der Waals surface area contributed by atoms with Crippen molar-refractivity contribution in [1.29, 1.82) is 0 Å². The third-order valence-electron chi connectivity index (χ3n) is 3.18. The zero-order valence-corrected chi connectivity index (χ0v) is 12.2. The van der Waals surface area contributed by atoms with Crippen LogP contribution in [0.1, 0.15) is 34.5 Å². The summed E-state index contributed by atoms with van der Waals surface area (Å²) < 4.78 is 10.5. The summed E-state index contributed by atoms with van der Waals surface area (Å²) >= 11 is 0. The summed E-state index contributed by atoms with van der Waals surface area (Å²) in [6.07, 6.45) is 0. The van der Waals surface area contributed by atoms with Crippen LogP contribution in [0.25, 0.3) is 0 Å². The summed E-state index contributed by atoms with van der Waals surface area (Å²) in [5.74, 6) is 0.439. The molecule has 0 heterocycles. The van der Waals surface area contributed by atoms with Crippen LogP contribution in [-0.2, 0) is 11.3 Å². The molecule has 0 unspecified atom stereocenters. The maximum Gasteiger partial charge on any atom is 0.337 e. The molecule has 4 heteroatoms. The molecular weight excluding hydrogens is 266 g/mol. The molecule has 0 radical (unpaired) electrons. The number of ether oxygens (including phenoxy) is 2. The average molecular weight is 285 g/mol. The number of rotatable bonds is 5. The van der Waals surface area contributed by atoms with Gasteiger partial charge in [-0.3, -0.25) is 0 Å². The Morgan fingerprint density at radius 1 is 1.14 bits per heavy atom. The third kappa shape index (κ3) is 3.83. The fourth-order valence-corrected chi connectivity index (χ4v) is 2.00. The minimum absolute atomic E-state index is 0.0806. The van der Waals surface area contributed by atoms with E-state index in [1.54, 1.807) is 12.1 Å². The van der Waals surface area contributed by atoms with Crippen LogP contribution in [0.5, 0.6) is 5.75 Å². The maximum absolute atomic E-state index is 11.4. The molecular formula is C17H19NO3. The van der Waals surface area contributed by atoms with Crippen molar-refractivity contribution in [2.24, 2.45) is 5.73 Å².